The maximum absolute atomic E-state index is 13.3. The molecule has 0 aliphatic carbocycles. The van der Waals surface area contributed by atoms with Crippen LogP contribution in [0.4, 0.5) is 0 Å². The Morgan fingerprint density at radius 1 is 1.19 bits per heavy atom. The number of Topliss-reactive ketones (excluding diaryl/α,β-unsaturated/α-hetero) is 2. The van der Waals surface area contributed by atoms with Crippen molar-refractivity contribution < 1.29 is 9.59 Å². The van der Waals surface area contributed by atoms with Crippen LogP contribution in [0.25, 0.3) is 0 Å². The number of hydrogen-bond acceptors (Lipinski definition) is 5. The van der Waals surface area contributed by atoms with Crippen LogP contribution < -0.4 is 10.6 Å². The van der Waals surface area contributed by atoms with E-state index in [1.807, 2.05) is 20.8 Å². The van der Waals surface area contributed by atoms with E-state index in [0.717, 1.165) is 51.7 Å². The van der Waals surface area contributed by atoms with Crippen LogP contribution in [0.5, 0.6) is 0 Å². The van der Waals surface area contributed by atoms with Crippen molar-refractivity contribution in [2.75, 3.05) is 26.2 Å². The van der Waals surface area contributed by atoms with Crippen molar-refractivity contribution in [3.63, 3.8) is 0 Å². The van der Waals surface area contributed by atoms with Gasteiger partial charge in [-0.2, -0.15) is 0 Å². The highest BCUT2D eigenvalue weighted by atomic mass is 16.1. The zero-order chi connectivity index (χ0) is 20.1. The Bertz CT molecular complexity index is 558. The molecule has 0 radical (unpaired) electrons. The first-order valence-electron chi connectivity index (χ1n) is 10.7. The van der Waals surface area contributed by atoms with E-state index in [-0.39, 0.29) is 30.1 Å². The van der Waals surface area contributed by atoms with Crippen molar-refractivity contribution in [2.45, 2.75) is 83.8 Å². The average molecular weight is 378 g/mol. The van der Waals surface area contributed by atoms with Crippen LogP contribution in [0.2, 0.25) is 0 Å². The smallest absolute Gasteiger partial charge is 0.167 e. The van der Waals surface area contributed by atoms with Gasteiger partial charge in [-0.25, -0.2) is 0 Å². The SMILES string of the molecule is CC(C)N[C@]12CCN(CC=CCCCC[C@@](C)(C(=O)C(C)C)NCC1=O)C2. The van der Waals surface area contributed by atoms with E-state index in [2.05, 4.69) is 41.5 Å². The van der Waals surface area contributed by atoms with Crippen molar-refractivity contribution in [2.24, 2.45) is 5.92 Å². The fourth-order valence-corrected chi connectivity index (χ4v) is 4.49. The topological polar surface area (TPSA) is 61.4 Å². The van der Waals surface area contributed by atoms with Gasteiger partial charge >= 0.3 is 0 Å². The summed E-state index contributed by atoms with van der Waals surface area (Å²) in [5.41, 5.74) is -1.14. The van der Waals surface area contributed by atoms with Crippen molar-refractivity contribution in [1.29, 1.82) is 0 Å². The molecule has 0 aromatic rings. The summed E-state index contributed by atoms with van der Waals surface area (Å²) in [6.45, 7) is 12.9. The predicted octanol–water partition coefficient (Wildman–Crippen LogP) is 2.70. The van der Waals surface area contributed by atoms with E-state index in [0.29, 0.717) is 0 Å². The van der Waals surface area contributed by atoms with Gasteiger partial charge in [-0.1, -0.05) is 32.4 Å². The van der Waals surface area contributed by atoms with E-state index in [1.165, 1.54) is 0 Å². The molecule has 0 spiro atoms. The molecular formula is C22H39N3O2. The third-order valence-electron chi connectivity index (χ3n) is 5.98. The van der Waals surface area contributed by atoms with Gasteiger partial charge in [0.15, 0.2) is 11.6 Å². The summed E-state index contributed by atoms with van der Waals surface area (Å²) in [5, 5.41) is 6.94. The normalized spacial score (nSPS) is 33.4. The Balaban J connectivity index is 2.24. The highest BCUT2D eigenvalue weighted by Crippen LogP contribution is 2.25. The van der Waals surface area contributed by atoms with Crippen LogP contribution in [0.15, 0.2) is 12.2 Å². The van der Waals surface area contributed by atoms with Crippen LogP contribution in [0, 0.1) is 5.92 Å². The van der Waals surface area contributed by atoms with Crippen molar-refractivity contribution in [3.8, 4) is 0 Å². The molecule has 0 amide bonds. The Hall–Kier alpha value is -1.04. The summed E-state index contributed by atoms with van der Waals surface area (Å²) in [6, 6.07) is 0.243. The number of allylic oxidation sites excluding steroid dienone is 1. The van der Waals surface area contributed by atoms with Gasteiger partial charge in [0.1, 0.15) is 0 Å². The van der Waals surface area contributed by atoms with Gasteiger partial charge in [-0.15, -0.1) is 0 Å². The molecule has 2 aliphatic rings. The van der Waals surface area contributed by atoms with Crippen molar-refractivity contribution in [1.82, 2.24) is 15.5 Å². The Kier molecular flexibility index (Phi) is 7.78. The van der Waals surface area contributed by atoms with Crippen molar-refractivity contribution >= 4 is 11.6 Å². The minimum absolute atomic E-state index is 0.0406. The monoisotopic (exact) mass is 377 g/mol. The summed E-state index contributed by atoms with van der Waals surface area (Å²) in [6.07, 6.45) is 9.20. The molecule has 2 aliphatic heterocycles. The molecular weight excluding hydrogens is 338 g/mol. The minimum Gasteiger partial charge on any atom is -0.302 e. The lowest BCUT2D eigenvalue weighted by Gasteiger charge is -2.35. The standard InChI is InChI=1S/C22H39N3O2/c1-17(2)20(27)21(5)11-9-7-6-8-10-13-25-14-12-22(16-25,24-18(3)4)19(26)15-23-21/h8,10,17-18,23-24H,6-7,9,11-16H2,1-5H3/t21-,22-/m0/s1. The van der Waals surface area contributed by atoms with Crippen LogP contribution in [-0.4, -0.2) is 59.8 Å². The molecule has 0 saturated carbocycles. The van der Waals surface area contributed by atoms with Gasteiger partial charge in [-0.3, -0.25) is 19.8 Å². The summed E-state index contributed by atoms with van der Waals surface area (Å²) in [5.74, 6) is 0.348. The first-order valence-corrected chi connectivity index (χ1v) is 10.7. The van der Waals surface area contributed by atoms with Gasteiger partial charge < -0.3 is 5.32 Å². The molecule has 2 heterocycles. The first-order chi connectivity index (χ1) is 12.7. The molecule has 2 rings (SSSR count). The van der Waals surface area contributed by atoms with Crippen LogP contribution >= 0.6 is 0 Å². The van der Waals surface area contributed by atoms with E-state index in [1.54, 1.807) is 0 Å². The second-order valence-corrected chi connectivity index (χ2v) is 9.21. The average Bonchev–Trinajstić information content (AvgIpc) is 3.00. The molecule has 2 N–H and O–H groups in total. The quantitative estimate of drug-likeness (QED) is 0.738. The number of hydrogen-bond donors (Lipinski definition) is 2. The predicted molar refractivity (Wildman–Crippen MR) is 111 cm³/mol. The highest BCUT2D eigenvalue weighted by Gasteiger charge is 2.45. The lowest BCUT2D eigenvalue weighted by molar-refractivity contribution is -0.129. The lowest BCUT2D eigenvalue weighted by Crippen LogP contribution is -2.61. The van der Waals surface area contributed by atoms with Gasteiger partial charge in [0.05, 0.1) is 17.6 Å². The largest absolute Gasteiger partial charge is 0.302 e. The lowest BCUT2D eigenvalue weighted by atomic mass is 9.83. The van der Waals surface area contributed by atoms with Gasteiger partial charge in [0, 0.05) is 31.6 Å². The van der Waals surface area contributed by atoms with Gasteiger partial charge in [-0.05, 0) is 46.5 Å². The van der Waals surface area contributed by atoms with Gasteiger partial charge in [0.2, 0.25) is 0 Å². The molecule has 27 heavy (non-hydrogen) atoms. The maximum atomic E-state index is 13.3. The highest BCUT2D eigenvalue weighted by molar-refractivity contribution is 5.93. The molecule has 5 nitrogen and oxygen atoms in total. The molecule has 1 unspecified atom stereocenters. The van der Waals surface area contributed by atoms with E-state index in [4.69, 9.17) is 0 Å². The molecule has 2 bridgehead atoms. The Morgan fingerprint density at radius 3 is 2.59 bits per heavy atom. The molecule has 1 fully saturated rings. The van der Waals surface area contributed by atoms with Crippen molar-refractivity contribution in [3.05, 3.63) is 12.2 Å². The summed E-state index contributed by atoms with van der Waals surface area (Å²) in [7, 11) is 0. The minimum atomic E-state index is -0.630. The van der Waals surface area contributed by atoms with E-state index < -0.39 is 11.1 Å². The summed E-state index contributed by atoms with van der Waals surface area (Å²) in [4.78, 5) is 28.5. The number of nitrogens with one attached hydrogen (secondary N) is 2. The third kappa shape index (κ3) is 5.72. The van der Waals surface area contributed by atoms with Crippen LogP contribution in [-0.2, 0) is 9.59 Å². The maximum Gasteiger partial charge on any atom is 0.167 e. The third-order valence-corrected chi connectivity index (χ3v) is 5.98. The fraction of sp³-hybridized carbons (Fsp3) is 0.818. The zero-order valence-corrected chi connectivity index (χ0v) is 17.9. The number of nitrogens with zero attached hydrogens (tertiary/aromatic N) is 1. The molecule has 0 aromatic carbocycles. The number of carbonyl (C=O) groups excluding carboxylic acids is 2. The second kappa shape index (κ2) is 9.44. The Labute approximate surface area is 165 Å². The number of rotatable bonds is 4. The van der Waals surface area contributed by atoms with Crippen LogP contribution in [0.3, 0.4) is 0 Å². The molecule has 3 atom stereocenters. The Morgan fingerprint density at radius 2 is 1.93 bits per heavy atom. The van der Waals surface area contributed by atoms with Gasteiger partial charge in [0.25, 0.3) is 0 Å². The summed E-state index contributed by atoms with van der Waals surface area (Å²) >= 11 is 0. The van der Waals surface area contributed by atoms with E-state index in [9.17, 15) is 9.59 Å². The molecule has 0 aromatic heterocycles. The molecule has 5 heteroatoms. The summed E-state index contributed by atoms with van der Waals surface area (Å²) < 4.78 is 0. The molecule has 1 saturated heterocycles. The number of carbonyl (C=O) groups is 2. The van der Waals surface area contributed by atoms with Crippen LogP contribution in [0.1, 0.15) is 66.7 Å². The molecule has 154 valence electrons. The van der Waals surface area contributed by atoms with E-state index >= 15 is 0 Å². The number of ketones is 2. The number of fused-ring (bicyclic) bond motifs is 2. The first kappa shape index (κ1) is 22.3. The second-order valence-electron chi connectivity index (χ2n) is 9.21. The fourth-order valence-electron chi connectivity index (χ4n) is 4.49. The zero-order valence-electron chi connectivity index (χ0n) is 17.9.